The lowest BCUT2D eigenvalue weighted by atomic mass is 10.0. The summed E-state index contributed by atoms with van der Waals surface area (Å²) in [4.78, 5) is 32.0. The molecule has 1 aliphatic rings. The van der Waals surface area contributed by atoms with Crippen molar-refractivity contribution in [3.63, 3.8) is 0 Å². The van der Waals surface area contributed by atoms with E-state index in [0.29, 0.717) is 49.4 Å². The molecule has 0 bridgehead atoms. The zero-order chi connectivity index (χ0) is 24.7. The van der Waals surface area contributed by atoms with E-state index in [1.165, 1.54) is 17.7 Å². The van der Waals surface area contributed by atoms with E-state index in [1.54, 1.807) is 27.6 Å². The highest BCUT2D eigenvalue weighted by atomic mass is 35.5. The van der Waals surface area contributed by atoms with Gasteiger partial charge in [-0.3, -0.25) is 14.0 Å². The van der Waals surface area contributed by atoms with E-state index in [0.717, 1.165) is 5.69 Å². The Balaban J connectivity index is 1.36. The van der Waals surface area contributed by atoms with Gasteiger partial charge in [0.25, 0.3) is 11.5 Å². The van der Waals surface area contributed by atoms with Gasteiger partial charge in [-0.1, -0.05) is 41.4 Å². The number of hydrogen-bond acceptors (Lipinski definition) is 3. The summed E-state index contributed by atoms with van der Waals surface area (Å²) in [5.74, 6) is -0.893. The van der Waals surface area contributed by atoms with Crippen LogP contribution in [-0.4, -0.2) is 46.4 Å². The number of aryl methyl sites for hydroxylation is 1. The number of H-pyrrole nitrogens is 1. The van der Waals surface area contributed by atoms with Crippen LogP contribution in [-0.2, 0) is 6.42 Å². The number of carbonyl (C=O) groups excluding carboxylic acids is 1. The highest BCUT2D eigenvalue weighted by Gasteiger charge is 2.25. The van der Waals surface area contributed by atoms with Crippen molar-refractivity contribution in [2.45, 2.75) is 13.3 Å². The first-order valence-corrected chi connectivity index (χ1v) is 12.0. The van der Waals surface area contributed by atoms with Crippen molar-refractivity contribution in [1.82, 2.24) is 14.3 Å². The molecule has 1 fully saturated rings. The summed E-state index contributed by atoms with van der Waals surface area (Å²) < 4.78 is 16.3. The first kappa shape index (κ1) is 23.5. The van der Waals surface area contributed by atoms with Crippen LogP contribution in [0, 0.1) is 12.7 Å². The largest absolute Gasteiger partial charge is 0.368 e. The summed E-state index contributed by atoms with van der Waals surface area (Å²) in [7, 11) is 0. The molecule has 1 amide bonds. The number of rotatable bonds is 4. The molecular formula is C26H23Cl2FN4O2. The Labute approximate surface area is 211 Å². The Bertz CT molecular complexity index is 1490. The average Bonchev–Trinajstić information content (AvgIpc) is 3.17. The molecular weight excluding hydrogens is 490 g/mol. The maximum atomic E-state index is 14.7. The summed E-state index contributed by atoms with van der Waals surface area (Å²) in [6.45, 7) is 4.43. The van der Waals surface area contributed by atoms with E-state index in [4.69, 9.17) is 23.2 Å². The number of aromatic amines is 1. The molecule has 0 radical (unpaired) electrons. The monoisotopic (exact) mass is 512 g/mol. The quantitative estimate of drug-likeness (QED) is 0.421. The average molecular weight is 513 g/mol. The second-order valence-electron chi connectivity index (χ2n) is 8.72. The van der Waals surface area contributed by atoms with E-state index in [-0.39, 0.29) is 27.2 Å². The highest BCUT2D eigenvalue weighted by Crippen LogP contribution is 2.27. The van der Waals surface area contributed by atoms with Gasteiger partial charge >= 0.3 is 0 Å². The number of nitrogens with zero attached hydrogens (tertiary/aromatic N) is 3. The number of amides is 1. The summed E-state index contributed by atoms with van der Waals surface area (Å²) >= 11 is 12.4. The van der Waals surface area contributed by atoms with Gasteiger partial charge < -0.3 is 14.8 Å². The number of anilines is 1. The Morgan fingerprint density at radius 3 is 2.57 bits per heavy atom. The number of piperazine rings is 1. The maximum absolute atomic E-state index is 14.7. The molecule has 0 aliphatic carbocycles. The standard InChI is InChI=1S/C26H23Cl2FN4O2/c1-16-3-2-4-18(11-16)31-7-9-32(10-8-31)26(35)20-13-17(5-6-22(20)29)12-19-15-30-25(34)23-14-21(27)24(28)33(19)23/h2-6,11,13-15H,7-10,12H2,1H3,(H,30,34). The molecule has 0 unspecified atom stereocenters. The van der Waals surface area contributed by atoms with Crippen LogP contribution >= 0.6 is 23.2 Å². The van der Waals surface area contributed by atoms with Crippen molar-refractivity contribution in [3.8, 4) is 0 Å². The first-order chi connectivity index (χ1) is 16.8. The zero-order valence-electron chi connectivity index (χ0n) is 19.0. The van der Waals surface area contributed by atoms with Crippen LogP contribution in [0.1, 0.15) is 27.2 Å². The molecule has 4 aromatic rings. The first-order valence-electron chi connectivity index (χ1n) is 11.3. The molecule has 1 N–H and O–H groups in total. The van der Waals surface area contributed by atoms with E-state index in [2.05, 4.69) is 35.0 Å². The van der Waals surface area contributed by atoms with Gasteiger partial charge in [0.1, 0.15) is 16.5 Å². The molecule has 3 heterocycles. The van der Waals surface area contributed by atoms with Crippen molar-refractivity contribution in [1.29, 1.82) is 0 Å². The van der Waals surface area contributed by atoms with Crippen LogP contribution in [0.5, 0.6) is 0 Å². The number of fused-ring (bicyclic) bond motifs is 1. The third kappa shape index (κ3) is 4.54. The van der Waals surface area contributed by atoms with Crippen LogP contribution in [0.3, 0.4) is 0 Å². The van der Waals surface area contributed by atoms with Crippen molar-refractivity contribution >= 4 is 40.3 Å². The Morgan fingerprint density at radius 2 is 1.83 bits per heavy atom. The van der Waals surface area contributed by atoms with Gasteiger partial charge in [0.2, 0.25) is 0 Å². The van der Waals surface area contributed by atoms with Gasteiger partial charge in [0, 0.05) is 50.2 Å². The number of nitrogens with one attached hydrogen (secondary N) is 1. The van der Waals surface area contributed by atoms with Crippen LogP contribution < -0.4 is 10.5 Å². The number of halogens is 3. The van der Waals surface area contributed by atoms with E-state index >= 15 is 0 Å². The lowest BCUT2D eigenvalue weighted by Crippen LogP contribution is -2.49. The van der Waals surface area contributed by atoms with Crippen LogP contribution in [0.4, 0.5) is 10.1 Å². The molecule has 1 aliphatic heterocycles. The Kier molecular flexibility index (Phi) is 6.30. The Hall–Kier alpha value is -3.29. The minimum atomic E-state index is -0.562. The van der Waals surface area contributed by atoms with E-state index < -0.39 is 5.82 Å². The molecule has 2 aromatic heterocycles. The van der Waals surface area contributed by atoms with E-state index in [1.807, 2.05) is 6.07 Å². The second-order valence-corrected chi connectivity index (χ2v) is 9.49. The summed E-state index contributed by atoms with van der Waals surface area (Å²) in [6.07, 6.45) is 1.87. The molecule has 2 aromatic carbocycles. The number of benzene rings is 2. The zero-order valence-corrected chi connectivity index (χ0v) is 20.5. The minimum absolute atomic E-state index is 0.0313. The number of aromatic nitrogens is 2. The summed E-state index contributed by atoms with van der Waals surface area (Å²) in [5, 5.41) is 0.497. The van der Waals surface area contributed by atoms with Crippen LogP contribution in [0.15, 0.2) is 59.5 Å². The lowest BCUT2D eigenvalue weighted by Gasteiger charge is -2.36. The van der Waals surface area contributed by atoms with Gasteiger partial charge in [-0.25, -0.2) is 4.39 Å². The molecule has 0 saturated carbocycles. The van der Waals surface area contributed by atoms with Gasteiger partial charge in [0.15, 0.2) is 0 Å². The summed E-state index contributed by atoms with van der Waals surface area (Å²) in [6, 6.07) is 14.3. The smallest absolute Gasteiger partial charge is 0.272 e. The molecule has 35 heavy (non-hydrogen) atoms. The molecule has 5 rings (SSSR count). The second kappa shape index (κ2) is 9.40. The number of carbonyl (C=O) groups is 1. The fourth-order valence-electron chi connectivity index (χ4n) is 4.54. The maximum Gasteiger partial charge on any atom is 0.272 e. The van der Waals surface area contributed by atoms with Crippen molar-refractivity contribution in [2.75, 3.05) is 31.1 Å². The fraction of sp³-hybridized carbons (Fsp3) is 0.231. The normalized spacial score (nSPS) is 14.1. The third-order valence-corrected chi connectivity index (χ3v) is 7.13. The van der Waals surface area contributed by atoms with Gasteiger partial charge in [-0.05, 0) is 48.4 Å². The van der Waals surface area contributed by atoms with Crippen LogP contribution in [0.2, 0.25) is 10.2 Å². The minimum Gasteiger partial charge on any atom is -0.368 e. The third-order valence-electron chi connectivity index (χ3n) is 6.37. The molecule has 9 heteroatoms. The van der Waals surface area contributed by atoms with Crippen molar-refractivity contribution in [3.05, 3.63) is 103 Å². The van der Waals surface area contributed by atoms with Gasteiger partial charge in [-0.15, -0.1) is 0 Å². The lowest BCUT2D eigenvalue weighted by molar-refractivity contribution is 0.0742. The molecule has 0 atom stereocenters. The van der Waals surface area contributed by atoms with Gasteiger partial charge in [0.05, 0.1) is 10.6 Å². The highest BCUT2D eigenvalue weighted by molar-refractivity contribution is 6.42. The number of hydrogen-bond donors (Lipinski definition) is 1. The van der Waals surface area contributed by atoms with E-state index in [9.17, 15) is 14.0 Å². The van der Waals surface area contributed by atoms with Crippen molar-refractivity contribution < 1.29 is 9.18 Å². The fourth-order valence-corrected chi connectivity index (χ4v) is 4.98. The molecule has 1 saturated heterocycles. The Morgan fingerprint density at radius 1 is 1.06 bits per heavy atom. The van der Waals surface area contributed by atoms with Crippen LogP contribution in [0.25, 0.3) is 5.52 Å². The van der Waals surface area contributed by atoms with Gasteiger partial charge in [-0.2, -0.15) is 0 Å². The molecule has 6 nitrogen and oxygen atoms in total. The SMILES string of the molecule is Cc1cccc(N2CCN(C(=O)c3cc(Cc4c[nH]c(=O)c5cc(Cl)c(Cl)n45)ccc3F)CC2)c1. The van der Waals surface area contributed by atoms with Crippen molar-refractivity contribution in [2.24, 2.45) is 0 Å². The predicted octanol–water partition coefficient (Wildman–Crippen LogP) is 4.94. The molecule has 0 spiro atoms. The topological polar surface area (TPSA) is 60.8 Å². The molecule has 180 valence electrons. The predicted molar refractivity (Wildman–Crippen MR) is 137 cm³/mol. The summed E-state index contributed by atoms with van der Waals surface area (Å²) in [5.41, 5.74) is 3.72.